The monoisotopic (exact) mass is 210 g/mol. The minimum atomic E-state index is -1.10. The van der Waals surface area contributed by atoms with E-state index < -0.39 is 11.6 Å². The molecule has 0 saturated heterocycles. The molecule has 0 saturated carbocycles. The Bertz CT molecular complexity index is 455. The van der Waals surface area contributed by atoms with Gasteiger partial charge in [0.25, 0.3) is 0 Å². The van der Waals surface area contributed by atoms with Crippen molar-refractivity contribution in [3.8, 4) is 5.75 Å². The van der Waals surface area contributed by atoms with Crippen LogP contribution in [0.1, 0.15) is 12.7 Å². The smallest absolute Gasteiger partial charge is 0.339 e. The van der Waals surface area contributed by atoms with Crippen LogP contribution in [0.5, 0.6) is 5.75 Å². The van der Waals surface area contributed by atoms with Crippen molar-refractivity contribution in [3.63, 3.8) is 0 Å². The van der Waals surface area contributed by atoms with E-state index in [1.807, 2.05) is 0 Å². The van der Waals surface area contributed by atoms with Crippen molar-refractivity contribution in [2.24, 2.45) is 0 Å². The predicted octanol–water partition coefficient (Wildman–Crippen LogP) is 1.14. The van der Waals surface area contributed by atoms with Crippen molar-refractivity contribution >= 4 is 11.5 Å². The lowest BCUT2D eigenvalue weighted by molar-refractivity contribution is -0.131. The molecule has 0 unspecified atom stereocenters. The molecule has 1 heterocycles. The van der Waals surface area contributed by atoms with Crippen LogP contribution in [0.3, 0.4) is 0 Å². The fourth-order valence-electron chi connectivity index (χ4n) is 1.02. The number of hydrogen-bond donors (Lipinski definition) is 1. The summed E-state index contributed by atoms with van der Waals surface area (Å²) in [6, 6.07) is 2.63. The first-order valence-electron chi connectivity index (χ1n) is 4.13. The van der Waals surface area contributed by atoms with E-state index in [2.05, 4.69) is 0 Å². The lowest BCUT2D eigenvalue weighted by atomic mass is 10.2. The Labute approximate surface area is 85.6 Å². The van der Waals surface area contributed by atoms with Crippen LogP contribution >= 0.6 is 0 Å². The molecular formula is C10H10O5. The molecule has 0 aromatic carbocycles. The Morgan fingerprint density at radius 1 is 1.53 bits per heavy atom. The molecule has 0 aliphatic carbocycles. The summed E-state index contributed by atoms with van der Waals surface area (Å²) in [4.78, 5) is 21.4. The van der Waals surface area contributed by atoms with Crippen LogP contribution in [0, 0.1) is 0 Å². The SMILES string of the molecule is COc1cc(/C(C)=C/C(=O)O)oc(=O)c1. The molecule has 1 aromatic heterocycles. The topological polar surface area (TPSA) is 76.7 Å². The van der Waals surface area contributed by atoms with Gasteiger partial charge in [0.15, 0.2) is 0 Å². The molecule has 0 fully saturated rings. The second kappa shape index (κ2) is 4.45. The van der Waals surface area contributed by atoms with Crippen LogP contribution in [-0.2, 0) is 4.79 Å². The maximum absolute atomic E-state index is 11.0. The molecule has 0 aliphatic heterocycles. The molecule has 0 spiro atoms. The number of aliphatic carboxylic acids is 1. The van der Waals surface area contributed by atoms with E-state index in [1.54, 1.807) is 0 Å². The molecule has 0 aliphatic rings. The van der Waals surface area contributed by atoms with Gasteiger partial charge in [-0.05, 0) is 12.5 Å². The summed E-state index contributed by atoms with van der Waals surface area (Å²) >= 11 is 0. The van der Waals surface area contributed by atoms with Gasteiger partial charge in [0.2, 0.25) is 0 Å². The highest BCUT2D eigenvalue weighted by molar-refractivity contribution is 5.88. The molecule has 0 atom stereocenters. The quantitative estimate of drug-likeness (QED) is 0.757. The van der Waals surface area contributed by atoms with E-state index in [0.29, 0.717) is 11.3 Å². The van der Waals surface area contributed by atoms with E-state index in [9.17, 15) is 9.59 Å². The zero-order valence-electron chi connectivity index (χ0n) is 8.31. The number of hydrogen-bond acceptors (Lipinski definition) is 4. The molecule has 5 nitrogen and oxygen atoms in total. The second-order valence-electron chi connectivity index (χ2n) is 2.85. The molecular weight excluding hydrogens is 200 g/mol. The third-order valence-corrected chi connectivity index (χ3v) is 1.71. The van der Waals surface area contributed by atoms with Crippen molar-refractivity contribution in [2.75, 3.05) is 7.11 Å². The Balaban J connectivity index is 3.20. The number of methoxy groups -OCH3 is 1. The zero-order chi connectivity index (χ0) is 11.4. The lowest BCUT2D eigenvalue weighted by Gasteiger charge is -2.01. The van der Waals surface area contributed by atoms with Crippen LogP contribution in [0.15, 0.2) is 27.4 Å². The first-order chi connectivity index (χ1) is 7.02. The van der Waals surface area contributed by atoms with E-state index in [4.69, 9.17) is 14.3 Å². The summed E-state index contributed by atoms with van der Waals surface area (Å²) < 4.78 is 9.67. The molecule has 1 aromatic rings. The molecule has 1 rings (SSSR count). The second-order valence-corrected chi connectivity index (χ2v) is 2.85. The number of rotatable bonds is 3. The van der Waals surface area contributed by atoms with Crippen molar-refractivity contribution in [3.05, 3.63) is 34.4 Å². The summed E-state index contributed by atoms with van der Waals surface area (Å²) in [6.45, 7) is 1.53. The maximum Gasteiger partial charge on any atom is 0.339 e. The Morgan fingerprint density at radius 3 is 2.73 bits per heavy atom. The van der Waals surface area contributed by atoms with E-state index in [-0.39, 0.29) is 5.76 Å². The summed E-state index contributed by atoms with van der Waals surface area (Å²) in [6.07, 6.45) is 0.956. The van der Waals surface area contributed by atoms with Crippen LogP contribution in [0.2, 0.25) is 0 Å². The fourth-order valence-corrected chi connectivity index (χ4v) is 1.02. The van der Waals surface area contributed by atoms with Gasteiger partial charge < -0.3 is 14.3 Å². The number of allylic oxidation sites excluding steroid dienone is 1. The average molecular weight is 210 g/mol. The van der Waals surface area contributed by atoms with Gasteiger partial charge in [-0.15, -0.1) is 0 Å². The van der Waals surface area contributed by atoms with Gasteiger partial charge in [-0.2, -0.15) is 0 Å². The van der Waals surface area contributed by atoms with E-state index in [0.717, 1.165) is 6.08 Å². The van der Waals surface area contributed by atoms with Gasteiger partial charge in [0.1, 0.15) is 11.5 Å². The third kappa shape index (κ3) is 2.98. The van der Waals surface area contributed by atoms with Crippen molar-refractivity contribution in [2.45, 2.75) is 6.92 Å². The summed E-state index contributed by atoms with van der Waals surface area (Å²) in [5.41, 5.74) is -0.235. The highest BCUT2D eigenvalue weighted by atomic mass is 16.5. The summed E-state index contributed by atoms with van der Waals surface area (Å²) in [7, 11) is 1.41. The van der Waals surface area contributed by atoms with Gasteiger partial charge in [0.05, 0.1) is 13.2 Å². The first kappa shape index (κ1) is 11.0. The van der Waals surface area contributed by atoms with Gasteiger partial charge >= 0.3 is 11.6 Å². The van der Waals surface area contributed by atoms with Crippen LogP contribution in [-0.4, -0.2) is 18.2 Å². The first-order valence-corrected chi connectivity index (χ1v) is 4.13. The van der Waals surface area contributed by atoms with Crippen molar-refractivity contribution < 1.29 is 19.1 Å². The minimum absolute atomic E-state index is 0.182. The largest absolute Gasteiger partial charge is 0.496 e. The standard InChI is InChI=1S/C10H10O5/c1-6(3-9(11)12)8-4-7(14-2)5-10(13)15-8/h3-5H,1-2H3,(H,11,12)/b6-3+. The minimum Gasteiger partial charge on any atom is -0.496 e. The van der Waals surface area contributed by atoms with Crippen LogP contribution in [0.4, 0.5) is 0 Å². The van der Waals surface area contributed by atoms with Gasteiger partial charge in [0, 0.05) is 12.1 Å². The highest BCUT2D eigenvalue weighted by Crippen LogP contribution is 2.16. The molecule has 0 amide bonds. The average Bonchev–Trinajstić information content (AvgIpc) is 2.15. The molecule has 1 N–H and O–H groups in total. The molecule has 80 valence electrons. The Kier molecular flexibility index (Phi) is 3.28. The number of carbonyl (C=O) groups is 1. The lowest BCUT2D eigenvalue weighted by Crippen LogP contribution is -2.01. The van der Waals surface area contributed by atoms with Gasteiger partial charge in [-0.1, -0.05) is 0 Å². The van der Waals surface area contributed by atoms with Gasteiger partial charge in [-0.25, -0.2) is 9.59 Å². The van der Waals surface area contributed by atoms with Gasteiger partial charge in [-0.3, -0.25) is 0 Å². The normalized spacial score (nSPS) is 11.2. The van der Waals surface area contributed by atoms with E-state index >= 15 is 0 Å². The fraction of sp³-hybridized carbons (Fsp3) is 0.200. The Hall–Kier alpha value is -2.04. The van der Waals surface area contributed by atoms with Crippen molar-refractivity contribution in [1.29, 1.82) is 0 Å². The van der Waals surface area contributed by atoms with Crippen molar-refractivity contribution in [1.82, 2.24) is 0 Å². The third-order valence-electron chi connectivity index (χ3n) is 1.71. The molecule has 0 bridgehead atoms. The number of ether oxygens (including phenoxy) is 1. The molecule has 0 radical (unpaired) electrons. The molecule has 5 heteroatoms. The highest BCUT2D eigenvalue weighted by Gasteiger charge is 2.05. The maximum atomic E-state index is 11.0. The van der Waals surface area contributed by atoms with Crippen LogP contribution < -0.4 is 10.4 Å². The summed E-state index contributed by atoms with van der Waals surface area (Å²) in [5, 5.41) is 8.51. The van der Waals surface area contributed by atoms with E-state index in [1.165, 1.54) is 26.2 Å². The summed E-state index contributed by atoms with van der Waals surface area (Å²) in [5.74, 6) is -0.584. The van der Waals surface area contributed by atoms with Crippen LogP contribution in [0.25, 0.3) is 5.57 Å². The molecule has 15 heavy (non-hydrogen) atoms. The predicted molar refractivity (Wildman–Crippen MR) is 52.8 cm³/mol. The number of carboxylic acid groups (broad SMARTS) is 1. The number of carboxylic acids is 1. The zero-order valence-corrected chi connectivity index (χ0v) is 8.31. The Morgan fingerprint density at radius 2 is 2.20 bits per heavy atom.